The molecule has 136 valence electrons. The van der Waals surface area contributed by atoms with Crippen LogP contribution in [0.5, 0.6) is 0 Å². The Morgan fingerprint density at radius 2 is 1.67 bits per heavy atom. The van der Waals surface area contributed by atoms with E-state index in [1.807, 2.05) is 42.5 Å². The summed E-state index contributed by atoms with van der Waals surface area (Å²) in [7, 11) is 2.54. The molecule has 1 aliphatic rings. The molecule has 1 aromatic carbocycles. The molecule has 0 aliphatic carbocycles. The Hall–Kier alpha value is -3.67. The minimum atomic E-state index is -0.639. The van der Waals surface area contributed by atoms with Crippen molar-refractivity contribution < 1.29 is 19.1 Å². The van der Waals surface area contributed by atoms with E-state index in [9.17, 15) is 9.59 Å². The molecule has 0 unspecified atom stereocenters. The van der Waals surface area contributed by atoms with Gasteiger partial charge in [-0.05, 0) is 36.4 Å². The van der Waals surface area contributed by atoms with Gasteiger partial charge in [-0.25, -0.2) is 9.59 Å². The predicted molar refractivity (Wildman–Crippen MR) is 101 cm³/mol. The first kappa shape index (κ1) is 18.1. The Morgan fingerprint density at radius 1 is 0.926 bits per heavy atom. The summed E-state index contributed by atoms with van der Waals surface area (Å²) in [5.74, 6) is -1.26. The Labute approximate surface area is 157 Å². The first-order chi connectivity index (χ1) is 13.2. The third kappa shape index (κ3) is 3.79. The van der Waals surface area contributed by atoms with Crippen molar-refractivity contribution in [1.29, 1.82) is 0 Å². The molecule has 0 saturated carbocycles. The van der Waals surface area contributed by atoms with Gasteiger partial charge in [-0.2, -0.15) is 0 Å². The number of rotatable bonds is 4. The van der Waals surface area contributed by atoms with Crippen molar-refractivity contribution in [3.05, 3.63) is 84.4 Å². The van der Waals surface area contributed by atoms with Gasteiger partial charge in [0.2, 0.25) is 0 Å². The van der Waals surface area contributed by atoms with Crippen LogP contribution in [0.25, 0.3) is 11.3 Å². The number of hydrogen-bond acceptors (Lipinski definition) is 6. The van der Waals surface area contributed by atoms with Crippen LogP contribution in [0, 0.1) is 0 Å². The fourth-order valence-electron chi connectivity index (χ4n) is 2.69. The largest absolute Gasteiger partial charge is 0.465 e. The van der Waals surface area contributed by atoms with E-state index in [4.69, 9.17) is 9.47 Å². The topological polar surface area (TPSA) is 68.7 Å². The van der Waals surface area contributed by atoms with Crippen LogP contribution in [0.2, 0.25) is 0 Å². The number of anilines is 1. The zero-order valence-corrected chi connectivity index (χ0v) is 15.0. The molecular weight excluding hydrogens is 344 g/mol. The number of aromatic nitrogens is 1. The summed E-state index contributed by atoms with van der Waals surface area (Å²) < 4.78 is 9.70. The third-order valence-electron chi connectivity index (χ3n) is 4.00. The Kier molecular flexibility index (Phi) is 5.47. The molecule has 0 bridgehead atoms. The predicted octanol–water partition coefficient (Wildman–Crippen LogP) is 3.24. The fraction of sp³-hybridized carbons (Fsp3) is 0.0952. The number of benzene rings is 1. The van der Waals surface area contributed by atoms with Crippen molar-refractivity contribution in [2.45, 2.75) is 0 Å². The molecule has 2 heterocycles. The van der Waals surface area contributed by atoms with Crippen LogP contribution in [0.1, 0.15) is 0 Å². The molecular formula is C21H18N2O4. The summed E-state index contributed by atoms with van der Waals surface area (Å²) in [4.78, 5) is 30.5. The number of hydrogen-bond donors (Lipinski definition) is 0. The minimum Gasteiger partial charge on any atom is -0.465 e. The molecule has 0 N–H and O–H groups in total. The van der Waals surface area contributed by atoms with E-state index in [-0.39, 0.29) is 11.3 Å². The molecule has 1 aliphatic heterocycles. The lowest BCUT2D eigenvalue weighted by Crippen LogP contribution is -2.26. The average molecular weight is 362 g/mol. The minimum absolute atomic E-state index is 0.0833. The second-order valence-electron chi connectivity index (χ2n) is 5.58. The van der Waals surface area contributed by atoms with Gasteiger partial charge in [0.25, 0.3) is 0 Å². The van der Waals surface area contributed by atoms with Crippen LogP contribution in [0.4, 0.5) is 5.69 Å². The van der Waals surface area contributed by atoms with Crippen molar-refractivity contribution in [2.75, 3.05) is 19.1 Å². The number of ether oxygens (including phenoxy) is 2. The zero-order valence-electron chi connectivity index (χ0n) is 15.0. The highest BCUT2D eigenvalue weighted by molar-refractivity contribution is 6.05. The van der Waals surface area contributed by atoms with E-state index >= 15 is 0 Å². The molecule has 3 rings (SSSR count). The van der Waals surface area contributed by atoms with E-state index in [0.717, 1.165) is 11.3 Å². The van der Waals surface area contributed by atoms with Gasteiger partial charge in [0.1, 0.15) is 5.70 Å². The summed E-state index contributed by atoms with van der Waals surface area (Å²) in [6, 6.07) is 13.2. The molecule has 0 saturated heterocycles. The quantitative estimate of drug-likeness (QED) is 0.778. The first-order valence-corrected chi connectivity index (χ1v) is 8.22. The second kappa shape index (κ2) is 8.14. The van der Waals surface area contributed by atoms with Gasteiger partial charge in [-0.1, -0.05) is 24.3 Å². The van der Waals surface area contributed by atoms with Crippen LogP contribution in [0.15, 0.2) is 84.4 Å². The second-order valence-corrected chi connectivity index (χ2v) is 5.58. The van der Waals surface area contributed by atoms with E-state index in [0.29, 0.717) is 5.69 Å². The van der Waals surface area contributed by atoms with Gasteiger partial charge in [0, 0.05) is 23.6 Å². The van der Waals surface area contributed by atoms with Crippen LogP contribution in [-0.2, 0) is 19.1 Å². The number of nitrogens with zero attached hydrogens (tertiary/aromatic N) is 2. The van der Waals surface area contributed by atoms with Crippen molar-refractivity contribution in [3.8, 4) is 11.3 Å². The van der Waals surface area contributed by atoms with Gasteiger partial charge in [0.05, 0.1) is 25.5 Å². The molecule has 0 radical (unpaired) electrons. The molecule has 0 amide bonds. The van der Waals surface area contributed by atoms with E-state index in [2.05, 4.69) is 4.98 Å². The Balaban J connectivity index is 2.05. The van der Waals surface area contributed by atoms with Gasteiger partial charge >= 0.3 is 11.9 Å². The van der Waals surface area contributed by atoms with Crippen molar-refractivity contribution in [1.82, 2.24) is 4.98 Å². The summed E-state index contributed by atoms with van der Waals surface area (Å²) in [6.07, 6.45) is 8.33. The lowest BCUT2D eigenvalue weighted by Gasteiger charge is -2.23. The lowest BCUT2D eigenvalue weighted by molar-refractivity contribution is -0.139. The summed E-state index contributed by atoms with van der Waals surface area (Å²) in [5.41, 5.74) is 2.67. The number of carbonyl (C=O) groups is 2. The number of allylic oxidation sites excluding steroid dienone is 2. The molecule has 0 atom stereocenters. The maximum atomic E-state index is 12.4. The smallest absolute Gasteiger partial charge is 0.355 e. The van der Waals surface area contributed by atoms with Gasteiger partial charge in [-0.15, -0.1) is 0 Å². The van der Waals surface area contributed by atoms with Crippen molar-refractivity contribution >= 4 is 17.6 Å². The number of methoxy groups -OCH3 is 2. The highest BCUT2D eigenvalue weighted by Gasteiger charge is 2.27. The van der Waals surface area contributed by atoms with E-state index in [1.165, 1.54) is 20.3 Å². The van der Waals surface area contributed by atoms with Gasteiger partial charge in [0.15, 0.2) is 0 Å². The summed E-state index contributed by atoms with van der Waals surface area (Å²) >= 11 is 0. The average Bonchev–Trinajstić information content (AvgIpc) is 2.96. The summed E-state index contributed by atoms with van der Waals surface area (Å²) in [6.45, 7) is 0. The van der Waals surface area contributed by atoms with Crippen LogP contribution in [0.3, 0.4) is 0 Å². The number of esters is 2. The molecule has 0 fully saturated rings. The molecule has 6 heteroatoms. The molecule has 1 aromatic heterocycles. The van der Waals surface area contributed by atoms with E-state index < -0.39 is 11.9 Å². The standard InChI is InChI=1S/C21H18N2O4/c1-26-20(24)17-7-4-6-14-23(19(17)21(25)27-2)16-11-9-15(10-12-16)18-8-3-5-13-22-18/h3-14H,1-2H3. The van der Waals surface area contributed by atoms with Crippen LogP contribution < -0.4 is 4.90 Å². The molecule has 6 nitrogen and oxygen atoms in total. The maximum absolute atomic E-state index is 12.4. The fourth-order valence-corrected chi connectivity index (χ4v) is 2.69. The van der Waals surface area contributed by atoms with Crippen molar-refractivity contribution in [2.24, 2.45) is 0 Å². The monoisotopic (exact) mass is 362 g/mol. The first-order valence-electron chi connectivity index (χ1n) is 8.22. The van der Waals surface area contributed by atoms with E-state index in [1.54, 1.807) is 29.4 Å². The summed E-state index contributed by atoms with van der Waals surface area (Å²) in [5, 5.41) is 0. The lowest BCUT2D eigenvalue weighted by atomic mass is 10.1. The highest BCUT2D eigenvalue weighted by Crippen LogP contribution is 2.28. The number of pyridine rings is 1. The SMILES string of the molecule is COC(=O)C1=C(C(=O)OC)N(c2ccc(-c3ccccn3)cc2)C=CC=C1. The third-order valence-corrected chi connectivity index (χ3v) is 4.00. The Bertz CT molecular complexity index is 928. The zero-order chi connectivity index (χ0) is 19.2. The van der Waals surface area contributed by atoms with Crippen LogP contribution >= 0.6 is 0 Å². The van der Waals surface area contributed by atoms with Gasteiger partial charge in [-0.3, -0.25) is 4.98 Å². The van der Waals surface area contributed by atoms with Crippen molar-refractivity contribution in [3.63, 3.8) is 0 Å². The maximum Gasteiger partial charge on any atom is 0.355 e. The Morgan fingerprint density at radius 3 is 2.30 bits per heavy atom. The highest BCUT2D eigenvalue weighted by atomic mass is 16.5. The number of carbonyl (C=O) groups excluding carboxylic acids is 2. The van der Waals surface area contributed by atoms with Gasteiger partial charge < -0.3 is 14.4 Å². The van der Waals surface area contributed by atoms with Crippen LogP contribution in [-0.4, -0.2) is 31.1 Å². The molecule has 2 aromatic rings. The molecule has 0 spiro atoms. The normalized spacial score (nSPS) is 13.3. The molecule has 27 heavy (non-hydrogen) atoms.